The second-order valence-electron chi connectivity index (χ2n) is 7.07. The summed E-state index contributed by atoms with van der Waals surface area (Å²) in [4.78, 5) is 17.8. The van der Waals surface area contributed by atoms with Crippen LogP contribution in [0.3, 0.4) is 0 Å². The number of hydrogen-bond acceptors (Lipinski definition) is 4. The van der Waals surface area contributed by atoms with E-state index in [1.54, 1.807) is 16.8 Å². The fraction of sp³-hybridized carbons (Fsp3) is 0.125. The van der Waals surface area contributed by atoms with Crippen LogP contribution in [0.4, 0.5) is 5.69 Å². The van der Waals surface area contributed by atoms with Gasteiger partial charge in [-0.2, -0.15) is 4.98 Å². The maximum Gasteiger partial charge on any atom is 0.243 e. The monoisotopic (exact) mass is 482 g/mol. The van der Waals surface area contributed by atoms with Gasteiger partial charge in [-0.3, -0.25) is 4.79 Å². The summed E-state index contributed by atoms with van der Waals surface area (Å²) in [6, 6.07) is 25.0. The quantitative estimate of drug-likeness (QED) is 0.326. The molecule has 0 aliphatic heterocycles. The van der Waals surface area contributed by atoms with Crippen LogP contribution in [0.1, 0.15) is 11.1 Å². The summed E-state index contributed by atoms with van der Waals surface area (Å²) in [5, 5.41) is 8.84. The van der Waals surface area contributed by atoms with Gasteiger partial charge in [-0.05, 0) is 65.2 Å². The molecule has 5 nitrogen and oxygen atoms in total. The highest BCUT2D eigenvalue weighted by Gasteiger charge is 2.14. The molecule has 1 aromatic heterocycles. The zero-order valence-corrected chi connectivity index (χ0v) is 19.4. The number of rotatable bonds is 8. The van der Waals surface area contributed by atoms with E-state index in [4.69, 9.17) is 23.2 Å². The van der Waals surface area contributed by atoms with Crippen molar-refractivity contribution in [3.8, 4) is 0 Å². The minimum absolute atomic E-state index is 0.107. The first-order chi connectivity index (χ1) is 15.6. The number of halogens is 2. The van der Waals surface area contributed by atoms with Crippen molar-refractivity contribution in [1.29, 1.82) is 0 Å². The van der Waals surface area contributed by atoms with Crippen LogP contribution < -0.4 is 5.32 Å². The largest absolute Gasteiger partial charge is 0.325 e. The van der Waals surface area contributed by atoms with Crippen molar-refractivity contribution in [2.45, 2.75) is 29.4 Å². The van der Waals surface area contributed by atoms with Crippen LogP contribution in [0.2, 0.25) is 10.3 Å². The summed E-state index contributed by atoms with van der Waals surface area (Å²) in [5.41, 5.74) is 2.82. The van der Waals surface area contributed by atoms with E-state index >= 15 is 0 Å². The molecule has 0 aliphatic carbocycles. The number of hydrogen-bond donors (Lipinski definition) is 1. The molecule has 1 heterocycles. The Morgan fingerprint density at radius 1 is 0.906 bits per heavy atom. The van der Waals surface area contributed by atoms with Crippen LogP contribution in [-0.4, -0.2) is 20.7 Å². The summed E-state index contributed by atoms with van der Waals surface area (Å²) < 4.78 is 1.80. The topological polar surface area (TPSA) is 59.8 Å². The number of nitrogens with one attached hydrogen (secondary N) is 1. The van der Waals surface area contributed by atoms with Gasteiger partial charge in [0.25, 0.3) is 0 Å². The molecule has 0 atom stereocenters. The van der Waals surface area contributed by atoms with E-state index < -0.39 is 0 Å². The van der Waals surface area contributed by atoms with E-state index in [0.717, 1.165) is 16.9 Å². The Kier molecular flexibility index (Phi) is 7.47. The van der Waals surface area contributed by atoms with Crippen LogP contribution in [0.25, 0.3) is 0 Å². The van der Waals surface area contributed by atoms with Crippen molar-refractivity contribution in [2.75, 3.05) is 5.32 Å². The highest BCUT2D eigenvalue weighted by atomic mass is 35.5. The Bertz CT molecular complexity index is 1200. The molecule has 0 spiro atoms. The molecule has 162 valence electrons. The third-order valence-corrected chi connectivity index (χ3v) is 6.18. The zero-order valence-electron chi connectivity index (χ0n) is 17.0. The van der Waals surface area contributed by atoms with Gasteiger partial charge >= 0.3 is 0 Å². The molecule has 0 saturated carbocycles. The lowest BCUT2D eigenvalue weighted by Gasteiger charge is -2.11. The molecule has 4 aromatic rings. The smallest absolute Gasteiger partial charge is 0.243 e. The van der Waals surface area contributed by atoms with E-state index in [-0.39, 0.29) is 17.6 Å². The van der Waals surface area contributed by atoms with Crippen molar-refractivity contribution in [1.82, 2.24) is 14.8 Å². The summed E-state index contributed by atoms with van der Waals surface area (Å²) in [5.74, 6) is -0.107. The normalized spacial score (nSPS) is 10.8. The van der Waals surface area contributed by atoms with Crippen molar-refractivity contribution in [3.05, 3.63) is 100 Å². The first kappa shape index (κ1) is 22.4. The average Bonchev–Trinajstić information content (AvgIpc) is 3.15. The number of carbonyl (C=O) groups is 1. The SMILES string of the molecule is O=C(Cc1ccc(Cl)cc1)Nc1ccccc1Sc1nc(Cl)nn1CCc1ccccc1. The fourth-order valence-electron chi connectivity index (χ4n) is 3.14. The molecule has 1 N–H and O–H groups in total. The summed E-state index contributed by atoms with van der Waals surface area (Å²) in [6.45, 7) is 0.650. The number of anilines is 1. The van der Waals surface area contributed by atoms with Gasteiger partial charge in [0.05, 0.1) is 12.1 Å². The van der Waals surface area contributed by atoms with E-state index in [0.29, 0.717) is 22.4 Å². The minimum atomic E-state index is -0.107. The van der Waals surface area contributed by atoms with Gasteiger partial charge in [0.2, 0.25) is 11.2 Å². The van der Waals surface area contributed by atoms with Crippen molar-refractivity contribution >= 4 is 46.6 Å². The van der Waals surface area contributed by atoms with Gasteiger partial charge in [-0.25, -0.2) is 4.68 Å². The van der Waals surface area contributed by atoms with Gasteiger partial charge in [0.1, 0.15) is 0 Å². The number of aromatic nitrogens is 3. The molecule has 0 saturated heterocycles. The summed E-state index contributed by atoms with van der Waals surface area (Å²) in [6.07, 6.45) is 1.07. The molecule has 0 radical (unpaired) electrons. The standard InChI is InChI=1S/C24H20Cl2N4OS/c25-19-12-10-18(11-13-19)16-22(31)27-20-8-4-5-9-21(20)32-24-28-23(26)29-30(24)15-14-17-6-2-1-3-7-17/h1-13H,14-16H2,(H,27,31). The number of nitrogens with zero attached hydrogens (tertiary/aromatic N) is 3. The minimum Gasteiger partial charge on any atom is -0.325 e. The van der Waals surface area contributed by atoms with Gasteiger partial charge in [0.15, 0.2) is 5.16 Å². The zero-order chi connectivity index (χ0) is 22.3. The Balaban J connectivity index is 1.46. The molecule has 4 rings (SSSR count). The predicted octanol–water partition coefficient (Wildman–Crippen LogP) is 6.16. The lowest BCUT2D eigenvalue weighted by Crippen LogP contribution is -2.15. The second kappa shape index (κ2) is 10.7. The first-order valence-corrected chi connectivity index (χ1v) is 11.6. The van der Waals surface area contributed by atoms with Crippen LogP contribution in [0, 0.1) is 0 Å². The van der Waals surface area contributed by atoms with Crippen molar-refractivity contribution in [3.63, 3.8) is 0 Å². The fourth-order valence-corrected chi connectivity index (χ4v) is 4.43. The van der Waals surface area contributed by atoms with Gasteiger partial charge < -0.3 is 5.32 Å². The number of para-hydroxylation sites is 1. The third-order valence-electron chi connectivity index (χ3n) is 4.71. The molecule has 0 bridgehead atoms. The summed E-state index contributed by atoms with van der Waals surface area (Å²) >= 11 is 13.4. The van der Waals surface area contributed by atoms with E-state index in [1.165, 1.54) is 17.3 Å². The van der Waals surface area contributed by atoms with Gasteiger partial charge in [-0.1, -0.05) is 66.2 Å². The molecule has 0 aliphatic rings. The van der Waals surface area contributed by atoms with Crippen LogP contribution >= 0.6 is 35.0 Å². The van der Waals surface area contributed by atoms with Gasteiger partial charge in [-0.15, -0.1) is 5.10 Å². The van der Waals surface area contributed by atoms with Crippen molar-refractivity contribution < 1.29 is 4.79 Å². The molecule has 3 aromatic carbocycles. The lowest BCUT2D eigenvalue weighted by molar-refractivity contribution is -0.115. The lowest BCUT2D eigenvalue weighted by atomic mass is 10.1. The third kappa shape index (κ3) is 6.13. The maximum absolute atomic E-state index is 12.6. The summed E-state index contributed by atoms with van der Waals surface area (Å²) in [7, 11) is 0. The van der Waals surface area contributed by atoms with Crippen LogP contribution in [-0.2, 0) is 24.2 Å². The molecular formula is C24H20Cl2N4OS. The Hall–Kier alpha value is -2.80. The maximum atomic E-state index is 12.6. The number of carbonyl (C=O) groups excluding carboxylic acids is 1. The van der Waals surface area contributed by atoms with Crippen LogP contribution in [0.15, 0.2) is 88.9 Å². The second-order valence-corrected chi connectivity index (χ2v) is 8.86. The highest BCUT2D eigenvalue weighted by molar-refractivity contribution is 7.99. The Morgan fingerprint density at radius 2 is 1.62 bits per heavy atom. The molecule has 0 unspecified atom stereocenters. The van der Waals surface area contributed by atoms with Crippen molar-refractivity contribution in [2.24, 2.45) is 0 Å². The van der Waals surface area contributed by atoms with E-state index in [1.807, 2.05) is 54.6 Å². The Labute approximate surface area is 200 Å². The molecular weight excluding hydrogens is 463 g/mol. The number of benzene rings is 3. The molecule has 32 heavy (non-hydrogen) atoms. The first-order valence-electron chi connectivity index (χ1n) is 10.0. The highest BCUT2D eigenvalue weighted by Crippen LogP contribution is 2.33. The Morgan fingerprint density at radius 3 is 2.41 bits per heavy atom. The molecule has 8 heteroatoms. The van der Waals surface area contributed by atoms with E-state index in [9.17, 15) is 4.79 Å². The van der Waals surface area contributed by atoms with Crippen LogP contribution in [0.5, 0.6) is 0 Å². The van der Waals surface area contributed by atoms with Gasteiger partial charge in [0, 0.05) is 16.5 Å². The van der Waals surface area contributed by atoms with E-state index in [2.05, 4.69) is 27.5 Å². The molecule has 1 amide bonds. The number of aryl methyl sites for hydroxylation is 2. The average molecular weight is 483 g/mol. The predicted molar refractivity (Wildman–Crippen MR) is 130 cm³/mol. The number of amides is 1. The molecule has 0 fully saturated rings.